The van der Waals surface area contributed by atoms with Crippen molar-refractivity contribution in [3.63, 3.8) is 0 Å². The Morgan fingerprint density at radius 3 is 2.25 bits per heavy atom. The molecule has 1 aliphatic heterocycles. The number of hydrogen-bond donors (Lipinski definition) is 1. The van der Waals surface area contributed by atoms with Crippen LogP contribution in [0.25, 0.3) is 0 Å². The maximum Gasteiger partial charge on any atom is 0.446 e. The van der Waals surface area contributed by atoms with Crippen LogP contribution >= 0.6 is 11.8 Å². The highest BCUT2D eigenvalue weighted by atomic mass is 32.2. The van der Waals surface area contributed by atoms with Crippen molar-refractivity contribution in [3.8, 4) is 0 Å². The van der Waals surface area contributed by atoms with Gasteiger partial charge in [0.2, 0.25) is 0 Å². The van der Waals surface area contributed by atoms with Crippen LogP contribution in [0.5, 0.6) is 0 Å². The molecule has 0 atom stereocenters. The number of rotatable bonds is 5. The second-order valence-corrected chi connectivity index (χ2v) is 10.7. The smallest absolute Gasteiger partial charge is 0.323 e. The fourth-order valence-electron chi connectivity index (χ4n) is 3.37. The van der Waals surface area contributed by atoms with Crippen LogP contribution < -0.4 is 5.32 Å². The van der Waals surface area contributed by atoms with E-state index >= 15 is 0 Å². The van der Waals surface area contributed by atoms with Gasteiger partial charge in [-0.15, -0.1) is 0 Å². The van der Waals surface area contributed by atoms with Gasteiger partial charge in [-0.1, -0.05) is 12.1 Å². The minimum absolute atomic E-state index is 0.0606. The Hall–Kier alpha value is -2.24. The minimum atomic E-state index is -4.35. The summed E-state index contributed by atoms with van der Waals surface area (Å²) in [6.07, 6.45) is 1.95. The van der Waals surface area contributed by atoms with Crippen LogP contribution in [0.3, 0.4) is 0 Å². The maximum atomic E-state index is 12.6. The van der Waals surface area contributed by atoms with Gasteiger partial charge in [0, 0.05) is 49.6 Å². The molecule has 1 fully saturated rings. The second kappa shape index (κ2) is 10.1. The van der Waals surface area contributed by atoms with Gasteiger partial charge in [-0.05, 0) is 60.1 Å². The van der Waals surface area contributed by atoms with E-state index < -0.39 is 15.3 Å². The number of benzene rings is 2. The van der Waals surface area contributed by atoms with E-state index in [1.54, 1.807) is 29.2 Å². The number of carbonyl (C=O) groups is 1. The first-order valence-electron chi connectivity index (χ1n) is 9.93. The predicted octanol–water partition coefficient (Wildman–Crippen LogP) is 4.44. The molecule has 0 aliphatic carbocycles. The average Bonchev–Trinajstić information content (AvgIpc) is 2.94. The summed E-state index contributed by atoms with van der Waals surface area (Å²) in [6.45, 7) is 3.17. The molecule has 1 saturated heterocycles. The lowest BCUT2D eigenvalue weighted by Crippen LogP contribution is -2.38. The van der Waals surface area contributed by atoms with Gasteiger partial charge >= 0.3 is 11.5 Å². The summed E-state index contributed by atoms with van der Waals surface area (Å²) < 4.78 is 60.4. The molecule has 1 aliphatic rings. The van der Waals surface area contributed by atoms with Gasteiger partial charge in [0.25, 0.3) is 0 Å². The van der Waals surface area contributed by atoms with Crippen LogP contribution in [0.4, 0.5) is 23.7 Å². The summed E-state index contributed by atoms with van der Waals surface area (Å²) in [4.78, 5) is 16.8. The Balaban J connectivity index is 1.51. The van der Waals surface area contributed by atoms with Crippen LogP contribution in [-0.4, -0.2) is 62.2 Å². The van der Waals surface area contributed by atoms with E-state index in [1.807, 2.05) is 0 Å². The summed E-state index contributed by atoms with van der Waals surface area (Å²) in [5, 5.41) is 2.74. The van der Waals surface area contributed by atoms with Crippen molar-refractivity contribution in [2.75, 3.05) is 37.8 Å². The van der Waals surface area contributed by atoms with Gasteiger partial charge in [-0.2, -0.15) is 13.2 Å². The molecule has 0 saturated carbocycles. The topological polar surface area (TPSA) is 69.7 Å². The van der Waals surface area contributed by atoms with Crippen LogP contribution in [0, 0.1) is 0 Å². The molecule has 2 aromatic carbocycles. The Morgan fingerprint density at radius 1 is 1.00 bits per heavy atom. The number of carbonyl (C=O) groups excluding carboxylic acids is 1. The summed E-state index contributed by atoms with van der Waals surface area (Å²) >= 11 is -0.197. The number of anilines is 1. The quantitative estimate of drug-likeness (QED) is 0.632. The third kappa shape index (κ3) is 7.42. The van der Waals surface area contributed by atoms with Gasteiger partial charge < -0.3 is 10.2 Å². The Bertz CT molecular complexity index is 1030. The fourth-order valence-corrected chi connectivity index (χ4v) is 4.54. The number of nitrogens with zero attached hydrogens (tertiary/aromatic N) is 2. The number of urea groups is 1. The molecule has 1 N–H and O–H groups in total. The van der Waals surface area contributed by atoms with E-state index in [-0.39, 0.29) is 27.6 Å². The molecule has 1 heterocycles. The van der Waals surface area contributed by atoms with Crippen molar-refractivity contribution in [2.24, 2.45) is 0 Å². The van der Waals surface area contributed by atoms with E-state index in [9.17, 15) is 26.4 Å². The molecule has 11 heteroatoms. The van der Waals surface area contributed by atoms with E-state index in [2.05, 4.69) is 10.2 Å². The van der Waals surface area contributed by atoms with Crippen LogP contribution in [0.15, 0.2) is 58.3 Å². The highest BCUT2D eigenvalue weighted by Crippen LogP contribution is 2.37. The molecule has 3 rings (SSSR count). The van der Waals surface area contributed by atoms with Crippen molar-refractivity contribution < 1.29 is 26.4 Å². The molecule has 32 heavy (non-hydrogen) atoms. The number of hydrogen-bond acceptors (Lipinski definition) is 5. The van der Waals surface area contributed by atoms with Crippen LogP contribution in [-0.2, 0) is 16.4 Å². The van der Waals surface area contributed by atoms with E-state index in [1.165, 1.54) is 30.5 Å². The van der Waals surface area contributed by atoms with Crippen molar-refractivity contribution in [2.45, 2.75) is 28.3 Å². The first-order chi connectivity index (χ1) is 15.0. The van der Waals surface area contributed by atoms with Crippen molar-refractivity contribution in [1.29, 1.82) is 0 Å². The predicted molar refractivity (Wildman–Crippen MR) is 118 cm³/mol. The molecule has 0 aromatic heterocycles. The van der Waals surface area contributed by atoms with Gasteiger partial charge in [-0.25, -0.2) is 13.2 Å². The monoisotopic (exact) mass is 487 g/mol. The van der Waals surface area contributed by atoms with Crippen LogP contribution in [0.1, 0.15) is 12.0 Å². The third-order valence-electron chi connectivity index (χ3n) is 4.97. The first-order valence-corrected chi connectivity index (χ1v) is 12.6. The van der Waals surface area contributed by atoms with Gasteiger partial charge in [-0.3, -0.25) is 4.90 Å². The maximum absolute atomic E-state index is 12.6. The number of sulfone groups is 1. The molecular weight excluding hydrogens is 463 g/mol. The minimum Gasteiger partial charge on any atom is -0.323 e. The summed E-state index contributed by atoms with van der Waals surface area (Å²) in [6, 6.07) is 12.1. The molecular formula is C21H24F3N3O3S2. The zero-order valence-electron chi connectivity index (χ0n) is 17.4. The SMILES string of the molecule is CS(=O)(=O)c1ccc(CN2CCCN(C(=O)Nc3ccc(SC(F)(F)F)cc3)CC2)cc1. The zero-order chi connectivity index (χ0) is 23.4. The Morgan fingerprint density at radius 2 is 1.66 bits per heavy atom. The third-order valence-corrected chi connectivity index (χ3v) is 6.84. The van der Waals surface area contributed by atoms with Crippen molar-refractivity contribution in [1.82, 2.24) is 9.80 Å². The molecule has 2 amide bonds. The first kappa shape index (κ1) is 24.4. The van der Waals surface area contributed by atoms with Crippen molar-refractivity contribution >= 4 is 33.3 Å². The van der Waals surface area contributed by atoms with Crippen molar-refractivity contribution in [3.05, 3.63) is 54.1 Å². The molecule has 6 nitrogen and oxygen atoms in total. The van der Waals surface area contributed by atoms with E-state index in [4.69, 9.17) is 0 Å². The molecule has 174 valence electrons. The highest BCUT2D eigenvalue weighted by Gasteiger charge is 2.29. The molecule has 0 spiro atoms. The highest BCUT2D eigenvalue weighted by molar-refractivity contribution is 8.00. The Labute approximate surface area is 189 Å². The second-order valence-electron chi connectivity index (χ2n) is 7.54. The summed E-state index contributed by atoms with van der Waals surface area (Å²) in [7, 11) is -3.23. The molecule has 0 unspecified atom stereocenters. The summed E-state index contributed by atoms with van der Waals surface area (Å²) in [5.41, 5.74) is -2.92. The average molecular weight is 488 g/mol. The lowest BCUT2D eigenvalue weighted by molar-refractivity contribution is -0.0328. The number of thioether (sulfide) groups is 1. The lowest BCUT2D eigenvalue weighted by Gasteiger charge is -2.22. The standard InChI is InChI=1S/C21H24F3N3O3S2/c1-32(29,30)19-9-3-16(4-10-19)15-26-11-2-12-27(14-13-26)20(28)25-17-5-7-18(8-6-17)31-21(22,23)24/h3-10H,2,11-15H2,1H3,(H,25,28). The van der Waals surface area contributed by atoms with Gasteiger partial charge in [0.1, 0.15) is 0 Å². The molecule has 0 bridgehead atoms. The molecule has 2 aromatic rings. The van der Waals surface area contributed by atoms with Crippen LogP contribution in [0.2, 0.25) is 0 Å². The number of halogens is 3. The lowest BCUT2D eigenvalue weighted by atomic mass is 10.2. The largest absolute Gasteiger partial charge is 0.446 e. The fraction of sp³-hybridized carbons (Fsp3) is 0.381. The zero-order valence-corrected chi connectivity index (χ0v) is 19.1. The number of nitrogens with one attached hydrogen (secondary N) is 1. The van der Waals surface area contributed by atoms with Gasteiger partial charge in [0.15, 0.2) is 9.84 Å². The molecule has 0 radical (unpaired) electrons. The van der Waals surface area contributed by atoms with Gasteiger partial charge in [0.05, 0.1) is 4.90 Å². The Kier molecular flexibility index (Phi) is 7.73. The van der Waals surface area contributed by atoms with E-state index in [0.29, 0.717) is 31.9 Å². The normalized spacial score (nSPS) is 15.9. The van der Waals surface area contributed by atoms with E-state index in [0.717, 1.165) is 18.5 Å². The summed E-state index contributed by atoms with van der Waals surface area (Å²) in [5.74, 6) is 0. The number of alkyl halides is 3. The number of amides is 2.